The fraction of sp³-hybridized carbons (Fsp3) is 0.240. The minimum Gasteiger partial charge on any atom is -0.351 e. The van der Waals surface area contributed by atoms with Crippen molar-refractivity contribution in [2.24, 2.45) is 0 Å². The molecule has 4 rings (SSSR count). The van der Waals surface area contributed by atoms with Crippen molar-refractivity contribution in [3.8, 4) is 0 Å². The molecule has 5 nitrogen and oxygen atoms in total. The molecule has 0 saturated carbocycles. The minimum absolute atomic E-state index is 0.0552. The van der Waals surface area contributed by atoms with E-state index in [9.17, 15) is 17.6 Å². The lowest BCUT2D eigenvalue weighted by atomic mass is 9.72. The Balaban J connectivity index is 1.55. The average Bonchev–Trinajstić information content (AvgIpc) is 2.84. The van der Waals surface area contributed by atoms with E-state index in [4.69, 9.17) is 0 Å². The smallest absolute Gasteiger partial charge is 0.243 e. The number of hydrogen-bond acceptors (Lipinski definition) is 3. The second-order valence-corrected chi connectivity index (χ2v) is 9.91. The Bertz CT molecular complexity index is 1160. The number of piperidine rings is 1. The van der Waals surface area contributed by atoms with Crippen LogP contribution in [0.25, 0.3) is 0 Å². The SMILES string of the molecule is O=C(NCc1ccccc1)C1(c2ccccc2)CCN(S(=O)(=O)c2ccc(F)cc2)CC1. The van der Waals surface area contributed by atoms with Crippen molar-refractivity contribution in [2.75, 3.05) is 13.1 Å². The molecule has 166 valence electrons. The largest absolute Gasteiger partial charge is 0.351 e. The third-order valence-corrected chi connectivity index (χ3v) is 8.00. The highest BCUT2D eigenvalue weighted by atomic mass is 32.2. The molecule has 1 aliphatic rings. The molecule has 1 amide bonds. The van der Waals surface area contributed by atoms with Gasteiger partial charge < -0.3 is 5.32 Å². The first-order valence-electron chi connectivity index (χ1n) is 10.6. The first kappa shape index (κ1) is 22.2. The maximum Gasteiger partial charge on any atom is 0.243 e. The van der Waals surface area contributed by atoms with Gasteiger partial charge in [-0.05, 0) is 48.2 Å². The van der Waals surface area contributed by atoms with Crippen molar-refractivity contribution in [1.29, 1.82) is 0 Å². The van der Waals surface area contributed by atoms with Gasteiger partial charge in [-0.3, -0.25) is 4.79 Å². The van der Waals surface area contributed by atoms with Gasteiger partial charge in [0.2, 0.25) is 15.9 Å². The number of nitrogens with zero attached hydrogens (tertiary/aromatic N) is 1. The monoisotopic (exact) mass is 452 g/mol. The van der Waals surface area contributed by atoms with Gasteiger partial charge in [-0.25, -0.2) is 12.8 Å². The van der Waals surface area contributed by atoms with Gasteiger partial charge >= 0.3 is 0 Å². The van der Waals surface area contributed by atoms with Gasteiger partial charge in [0.15, 0.2) is 0 Å². The molecule has 7 heteroatoms. The van der Waals surface area contributed by atoms with Crippen LogP contribution in [0.5, 0.6) is 0 Å². The molecule has 32 heavy (non-hydrogen) atoms. The molecule has 1 heterocycles. The van der Waals surface area contributed by atoms with Crippen molar-refractivity contribution in [1.82, 2.24) is 9.62 Å². The van der Waals surface area contributed by atoms with Crippen molar-refractivity contribution in [3.05, 3.63) is 102 Å². The number of benzene rings is 3. The summed E-state index contributed by atoms with van der Waals surface area (Å²) in [6.07, 6.45) is 0.718. The Labute approximate surface area is 187 Å². The Morgan fingerprint density at radius 2 is 1.44 bits per heavy atom. The van der Waals surface area contributed by atoms with Crippen molar-refractivity contribution < 1.29 is 17.6 Å². The van der Waals surface area contributed by atoms with Crippen LogP contribution in [-0.4, -0.2) is 31.7 Å². The van der Waals surface area contributed by atoms with Gasteiger partial charge in [0.05, 0.1) is 10.3 Å². The van der Waals surface area contributed by atoms with E-state index in [-0.39, 0.29) is 23.9 Å². The predicted molar refractivity (Wildman–Crippen MR) is 121 cm³/mol. The van der Waals surface area contributed by atoms with E-state index in [1.807, 2.05) is 60.7 Å². The number of sulfonamides is 1. The van der Waals surface area contributed by atoms with Crippen LogP contribution in [-0.2, 0) is 26.8 Å². The van der Waals surface area contributed by atoms with Crippen LogP contribution in [0.2, 0.25) is 0 Å². The zero-order valence-corrected chi connectivity index (χ0v) is 18.4. The zero-order chi connectivity index (χ0) is 22.6. The number of carbonyl (C=O) groups excluding carboxylic acids is 1. The number of rotatable bonds is 6. The number of nitrogens with one attached hydrogen (secondary N) is 1. The molecule has 0 unspecified atom stereocenters. The molecule has 1 N–H and O–H groups in total. The van der Waals surface area contributed by atoms with E-state index >= 15 is 0 Å². The molecule has 0 bridgehead atoms. The summed E-state index contributed by atoms with van der Waals surface area (Å²) in [6, 6.07) is 24.0. The van der Waals surface area contributed by atoms with Crippen LogP contribution >= 0.6 is 0 Å². The molecule has 1 saturated heterocycles. The summed E-state index contributed by atoms with van der Waals surface area (Å²) in [5.74, 6) is -0.591. The molecule has 3 aromatic carbocycles. The van der Waals surface area contributed by atoms with Gasteiger partial charge in [0.25, 0.3) is 0 Å². The summed E-state index contributed by atoms with van der Waals surface area (Å²) in [7, 11) is -3.76. The molecule has 0 radical (unpaired) electrons. The summed E-state index contributed by atoms with van der Waals surface area (Å²) < 4.78 is 40.7. The Morgan fingerprint density at radius 1 is 0.875 bits per heavy atom. The standard InChI is InChI=1S/C25H25FN2O3S/c26-22-11-13-23(14-12-22)32(30,31)28-17-15-25(16-18-28,21-9-5-2-6-10-21)24(29)27-19-20-7-3-1-4-8-20/h1-14H,15-19H2,(H,27,29). The van der Waals surface area contributed by atoms with E-state index in [1.165, 1.54) is 16.4 Å². The second-order valence-electron chi connectivity index (χ2n) is 7.97. The van der Waals surface area contributed by atoms with E-state index in [1.54, 1.807) is 0 Å². The second kappa shape index (κ2) is 9.22. The number of carbonyl (C=O) groups is 1. The Morgan fingerprint density at radius 3 is 2.03 bits per heavy atom. The number of halogens is 1. The Hall–Kier alpha value is -3.03. The predicted octanol–water partition coefficient (Wildman–Crippen LogP) is 3.86. The molecular formula is C25H25FN2O3S. The molecule has 0 spiro atoms. The molecule has 0 aliphatic carbocycles. The van der Waals surface area contributed by atoms with Crippen LogP contribution in [0.1, 0.15) is 24.0 Å². The lowest BCUT2D eigenvalue weighted by Gasteiger charge is -2.40. The lowest BCUT2D eigenvalue weighted by Crippen LogP contribution is -2.52. The Kier molecular flexibility index (Phi) is 6.39. The number of hydrogen-bond donors (Lipinski definition) is 1. The first-order valence-corrected chi connectivity index (χ1v) is 12.0. The van der Waals surface area contributed by atoms with E-state index in [0.717, 1.165) is 23.3 Å². The highest BCUT2D eigenvalue weighted by Crippen LogP contribution is 2.37. The minimum atomic E-state index is -3.76. The summed E-state index contributed by atoms with van der Waals surface area (Å²) in [5.41, 5.74) is 1.06. The van der Waals surface area contributed by atoms with Gasteiger partial charge in [-0.1, -0.05) is 60.7 Å². The van der Waals surface area contributed by atoms with Crippen LogP contribution in [0.4, 0.5) is 4.39 Å². The zero-order valence-electron chi connectivity index (χ0n) is 17.6. The topological polar surface area (TPSA) is 66.5 Å². The molecule has 3 aromatic rings. The fourth-order valence-electron chi connectivity index (χ4n) is 4.22. The van der Waals surface area contributed by atoms with Crippen molar-refractivity contribution in [2.45, 2.75) is 29.7 Å². The van der Waals surface area contributed by atoms with Gasteiger partial charge in [-0.15, -0.1) is 0 Å². The molecule has 0 atom stereocenters. The molecule has 0 aromatic heterocycles. The first-order chi connectivity index (χ1) is 15.4. The third-order valence-electron chi connectivity index (χ3n) is 6.08. The molecule has 1 fully saturated rings. The van der Waals surface area contributed by atoms with E-state index in [2.05, 4.69) is 5.32 Å². The average molecular weight is 453 g/mol. The van der Waals surface area contributed by atoms with Gasteiger partial charge in [0.1, 0.15) is 5.82 Å². The third kappa shape index (κ3) is 4.45. The summed E-state index contributed by atoms with van der Waals surface area (Å²) in [6.45, 7) is 0.812. The van der Waals surface area contributed by atoms with Crippen molar-refractivity contribution in [3.63, 3.8) is 0 Å². The van der Waals surface area contributed by atoms with Crippen LogP contribution in [0, 0.1) is 5.82 Å². The highest BCUT2D eigenvalue weighted by Gasteiger charge is 2.45. The summed E-state index contributed by atoms with van der Waals surface area (Å²) in [5, 5.41) is 3.05. The van der Waals surface area contributed by atoms with Crippen LogP contribution in [0.3, 0.4) is 0 Å². The van der Waals surface area contributed by atoms with Crippen LogP contribution < -0.4 is 5.32 Å². The van der Waals surface area contributed by atoms with E-state index < -0.39 is 21.3 Å². The van der Waals surface area contributed by atoms with Crippen LogP contribution in [0.15, 0.2) is 89.8 Å². The van der Waals surface area contributed by atoms with Gasteiger partial charge in [-0.2, -0.15) is 4.31 Å². The quantitative estimate of drug-likeness (QED) is 0.618. The normalized spacial score (nSPS) is 16.4. The summed E-state index contributed by atoms with van der Waals surface area (Å²) in [4.78, 5) is 13.5. The number of amides is 1. The molecular weight excluding hydrogens is 427 g/mol. The van der Waals surface area contributed by atoms with E-state index in [0.29, 0.717) is 19.4 Å². The molecule has 1 aliphatic heterocycles. The maximum atomic E-state index is 13.4. The maximum absolute atomic E-state index is 13.4. The van der Waals surface area contributed by atoms with Gasteiger partial charge in [0, 0.05) is 19.6 Å². The van der Waals surface area contributed by atoms with Crippen molar-refractivity contribution >= 4 is 15.9 Å². The summed E-state index contributed by atoms with van der Waals surface area (Å²) >= 11 is 0. The lowest BCUT2D eigenvalue weighted by molar-refractivity contribution is -0.128. The fourth-order valence-corrected chi connectivity index (χ4v) is 5.66. The highest BCUT2D eigenvalue weighted by molar-refractivity contribution is 7.89.